The molecule has 0 bridgehead atoms. The van der Waals surface area contributed by atoms with E-state index < -0.39 is 0 Å². The normalized spacial score (nSPS) is 10.9. The number of aryl methyl sites for hydroxylation is 2. The van der Waals surface area contributed by atoms with Crippen LogP contribution in [0.3, 0.4) is 0 Å². The van der Waals surface area contributed by atoms with Gasteiger partial charge in [-0.15, -0.1) is 0 Å². The van der Waals surface area contributed by atoms with Crippen molar-refractivity contribution in [3.8, 4) is 45.8 Å². The molecule has 18 nitrogen and oxygen atoms in total. The molecule has 0 spiro atoms. The van der Waals surface area contributed by atoms with Crippen molar-refractivity contribution in [2.24, 2.45) is 0 Å². The predicted molar refractivity (Wildman–Crippen MR) is 304 cm³/mol. The molecule has 1 N–H and O–H groups in total. The molecule has 77 heavy (non-hydrogen) atoms. The molecule has 8 aromatic rings. The number of carbonyl (C=O) groups is 2. The van der Waals surface area contributed by atoms with Gasteiger partial charge in [0, 0.05) is 25.5 Å². The third kappa shape index (κ3) is 15.0. The molecule has 8 rings (SSSR count). The van der Waals surface area contributed by atoms with E-state index in [2.05, 4.69) is 81.8 Å². The van der Waals surface area contributed by atoms with E-state index in [0.29, 0.717) is 62.3 Å². The van der Waals surface area contributed by atoms with Gasteiger partial charge < -0.3 is 38.6 Å². The second-order valence-corrected chi connectivity index (χ2v) is 18.6. The summed E-state index contributed by atoms with van der Waals surface area (Å²) in [7, 11) is 3.31. The zero-order chi connectivity index (χ0) is 55.6. The molecule has 2 aromatic carbocycles. The molecular weight excluding hydrogens is 1040 g/mol. The van der Waals surface area contributed by atoms with E-state index in [1.54, 1.807) is 33.5 Å². The fourth-order valence-electron chi connectivity index (χ4n) is 8.30. The van der Waals surface area contributed by atoms with Crippen molar-refractivity contribution in [3.63, 3.8) is 0 Å². The number of aromatic nitrogens is 8. The standard InChI is InChI=1S/C29H35N5O4.C25H29N5O2.C4H7BrO2/c1-7-37-26(35)18-33(17-21-11-13-22(36-6)14-12-21)25-16-24(23-10-9-15-30-29(23)38-8-2)32-34-20(5)31-27(19(3)4)28(25)34;1-6-32-25-20(8-7-13-26-25)21-14-22(27-15-18-9-11-19(31-5)12-10-18)24-23(16(2)3)28-17(4)30(24)29-21;1-2-7-4(6)3-5/h9-16,19H,7-8,17-18H2,1-6H3;7-14,16,27H,6,15H2,1-5H3;2-3H2,1H3. The average Bonchev–Trinajstić information content (AvgIpc) is 4.07. The van der Waals surface area contributed by atoms with Crippen molar-refractivity contribution < 1.29 is 38.0 Å². The van der Waals surface area contributed by atoms with E-state index in [4.69, 9.17) is 43.8 Å². The van der Waals surface area contributed by atoms with Crippen molar-refractivity contribution in [1.82, 2.24) is 39.2 Å². The van der Waals surface area contributed by atoms with Crippen molar-refractivity contribution in [2.75, 3.05) is 62.7 Å². The third-order valence-corrected chi connectivity index (χ3v) is 12.3. The van der Waals surface area contributed by atoms with E-state index in [0.717, 1.165) is 84.9 Å². The van der Waals surface area contributed by atoms with Gasteiger partial charge in [0.15, 0.2) is 0 Å². The summed E-state index contributed by atoms with van der Waals surface area (Å²) in [6.07, 6.45) is 3.43. The summed E-state index contributed by atoms with van der Waals surface area (Å²) >= 11 is 2.94. The van der Waals surface area contributed by atoms with Crippen LogP contribution in [0.15, 0.2) is 97.3 Å². The molecule has 0 aliphatic rings. The van der Waals surface area contributed by atoms with E-state index in [9.17, 15) is 9.59 Å². The molecule has 408 valence electrons. The number of nitrogens with one attached hydrogen (secondary N) is 1. The highest BCUT2D eigenvalue weighted by molar-refractivity contribution is 9.09. The van der Waals surface area contributed by atoms with Crippen LogP contribution in [-0.2, 0) is 32.2 Å². The van der Waals surface area contributed by atoms with Crippen LogP contribution in [0.5, 0.6) is 23.3 Å². The Balaban J connectivity index is 0.000000224. The van der Waals surface area contributed by atoms with Gasteiger partial charge in [-0.1, -0.05) is 67.9 Å². The van der Waals surface area contributed by atoms with Crippen molar-refractivity contribution in [1.29, 1.82) is 0 Å². The predicted octanol–water partition coefficient (Wildman–Crippen LogP) is 11.4. The Hall–Kier alpha value is -7.80. The van der Waals surface area contributed by atoms with Crippen LogP contribution >= 0.6 is 15.9 Å². The lowest BCUT2D eigenvalue weighted by molar-refractivity contribution is -0.141. The number of fused-ring (bicyclic) bond motifs is 2. The topological polar surface area (TPSA) is 191 Å². The number of methoxy groups -OCH3 is 2. The van der Waals surface area contributed by atoms with Gasteiger partial charge in [0.25, 0.3) is 0 Å². The number of benzene rings is 2. The Bertz CT molecular complexity index is 3200. The maximum absolute atomic E-state index is 12.8. The monoisotopic (exact) mass is 1110 g/mol. The molecule has 0 amide bonds. The Morgan fingerprint density at radius 1 is 0.636 bits per heavy atom. The maximum atomic E-state index is 12.8. The summed E-state index contributed by atoms with van der Waals surface area (Å²) in [5, 5.41) is 13.8. The molecule has 0 atom stereocenters. The lowest BCUT2D eigenvalue weighted by Crippen LogP contribution is -2.31. The summed E-state index contributed by atoms with van der Waals surface area (Å²) in [5.74, 6) is 4.20. The number of halogens is 1. The van der Waals surface area contributed by atoms with E-state index in [-0.39, 0.29) is 30.3 Å². The molecule has 0 aliphatic heterocycles. The second kappa shape index (κ2) is 28.4. The third-order valence-electron chi connectivity index (χ3n) is 11.9. The van der Waals surface area contributed by atoms with Crippen molar-refractivity contribution >= 4 is 50.3 Å². The number of hydrogen-bond acceptors (Lipinski definition) is 16. The summed E-state index contributed by atoms with van der Waals surface area (Å²) in [6, 6.07) is 27.6. The zero-order valence-electron chi connectivity index (χ0n) is 46.2. The molecule has 0 radical (unpaired) electrons. The van der Waals surface area contributed by atoms with Crippen LogP contribution in [-0.4, -0.2) is 104 Å². The van der Waals surface area contributed by atoms with Crippen LogP contribution in [0, 0.1) is 13.8 Å². The smallest absolute Gasteiger partial charge is 0.325 e. The van der Waals surface area contributed by atoms with Gasteiger partial charge in [-0.2, -0.15) is 10.2 Å². The Labute approximate surface area is 459 Å². The van der Waals surface area contributed by atoms with Gasteiger partial charge in [-0.05, 0) is 125 Å². The number of rotatable bonds is 21. The molecule has 0 saturated carbocycles. The Morgan fingerprint density at radius 2 is 1.12 bits per heavy atom. The Kier molecular flexibility index (Phi) is 21.5. The molecule has 6 heterocycles. The quantitative estimate of drug-likeness (QED) is 0.0527. The number of carbonyl (C=O) groups excluding carboxylic acids is 2. The van der Waals surface area contributed by atoms with Crippen LogP contribution < -0.4 is 29.2 Å². The highest BCUT2D eigenvalue weighted by Gasteiger charge is 2.25. The van der Waals surface area contributed by atoms with Gasteiger partial charge in [0.05, 0.1) is 85.9 Å². The molecule has 0 aliphatic carbocycles. The molecule has 0 saturated heterocycles. The lowest BCUT2D eigenvalue weighted by atomic mass is 10.1. The fraction of sp³-hybridized carbons (Fsp3) is 0.379. The van der Waals surface area contributed by atoms with E-state index in [1.807, 2.05) is 115 Å². The van der Waals surface area contributed by atoms with Crippen molar-refractivity contribution in [2.45, 2.75) is 94.2 Å². The SMILES string of the molecule is CCOC(=O)CBr.CCOC(=O)CN(Cc1ccc(OC)cc1)c1cc(-c2cccnc2OCC)nn2c(C)nc(C(C)C)c12.CCOc1ncccc1-c1cc(NCc2ccc(OC)cc2)c2c(C(C)C)nc(C)n2n1. The first-order chi connectivity index (χ1) is 37.2. The summed E-state index contributed by atoms with van der Waals surface area (Å²) in [6.45, 7) is 22.9. The number of imidazole rings is 2. The van der Waals surface area contributed by atoms with Crippen LogP contribution in [0.1, 0.15) is 101 Å². The number of ether oxygens (including phenoxy) is 6. The van der Waals surface area contributed by atoms with E-state index >= 15 is 0 Å². The molecule has 0 unspecified atom stereocenters. The van der Waals surface area contributed by atoms with Gasteiger partial charge in [0.2, 0.25) is 11.8 Å². The number of nitrogens with zero attached hydrogens (tertiary/aromatic N) is 9. The largest absolute Gasteiger partial charge is 0.497 e. The van der Waals surface area contributed by atoms with Gasteiger partial charge in [-0.3, -0.25) is 9.59 Å². The zero-order valence-corrected chi connectivity index (χ0v) is 47.8. The maximum Gasteiger partial charge on any atom is 0.325 e. The first-order valence-electron chi connectivity index (χ1n) is 25.8. The minimum Gasteiger partial charge on any atom is -0.497 e. The number of esters is 2. The van der Waals surface area contributed by atoms with Gasteiger partial charge in [0.1, 0.15) is 46.1 Å². The highest BCUT2D eigenvalue weighted by Crippen LogP contribution is 2.37. The van der Waals surface area contributed by atoms with Crippen LogP contribution in [0.2, 0.25) is 0 Å². The van der Waals surface area contributed by atoms with E-state index in [1.165, 1.54) is 0 Å². The molecule has 6 aromatic heterocycles. The summed E-state index contributed by atoms with van der Waals surface area (Å²) in [5.41, 5.74) is 10.8. The van der Waals surface area contributed by atoms with Crippen LogP contribution in [0.4, 0.5) is 11.4 Å². The summed E-state index contributed by atoms with van der Waals surface area (Å²) < 4.78 is 35.8. The molecule has 0 fully saturated rings. The lowest BCUT2D eigenvalue weighted by Gasteiger charge is -2.26. The fourth-order valence-corrected chi connectivity index (χ4v) is 8.46. The second-order valence-electron chi connectivity index (χ2n) is 18.0. The average molecular weight is 1120 g/mol. The van der Waals surface area contributed by atoms with Gasteiger partial charge in [-0.25, -0.2) is 29.0 Å². The number of alkyl halides is 1. The van der Waals surface area contributed by atoms with Crippen LogP contribution in [0.25, 0.3) is 33.5 Å². The minimum absolute atomic E-state index is 0.0616. The molecular formula is C58H71BrN10O8. The van der Waals surface area contributed by atoms with Crippen molar-refractivity contribution in [3.05, 3.63) is 131 Å². The number of pyridine rings is 2. The van der Waals surface area contributed by atoms with Gasteiger partial charge >= 0.3 is 11.9 Å². The number of hydrogen-bond donors (Lipinski definition) is 1. The molecule has 19 heteroatoms. The Morgan fingerprint density at radius 3 is 1.58 bits per heavy atom. The number of anilines is 2. The highest BCUT2D eigenvalue weighted by atomic mass is 79.9. The minimum atomic E-state index is -0.309. The summed E-state index contributed by atoms with van der Waals surface area (Å²) in [4.78, 5) is 43.5. The first-order valence-corrected chi connectivity index (χ1v) is 26.9. The first kappa shape index (κ1) is 58.5.